The minimum absolute atomic E-state index is 0.0416. The maximum absolute atomic E-state index is 12.6. The van der Waals surface area contributed by atoms with E-state index in [-0.39, 0.29) is 29.2 Å². The van der Waals surface area contributed by atoms with E-state index in [0.717, 1.165) is 12.1 Å². The lowest BCUT2D eigenvalue weighted by Crippen LogP contribution is -2.40. The van der Waals surface area contributed by atoms with Crippen molar-refractivity contribution in [3.8, 4) is 0 Å². The second-order valence-electron chi connectivity index (χ2n) is 7.40. The molecule has 0 saturated carbocycles. The van der Waals surface area contributed by atoms with Gasteiger partial charge < -0.3 is 4.90 Å². The predicted molar refractivity (Wildman–Crippen MR) is 98.0 cm³/mol. The number of hydrogen-bond acceptors (Lipinski definition) is 3. The van der Waals surface area contributed by atoms with Gasteiger partial charge in [-0.25, -0.2) is 8.42 Å². The molecular formula is C19H26F3NO3S. The molecule has 1 aliphatic heterocycles. The van der Waals surface area contributed by atoms with Crippen LogP contribution in [0.25, 0.3) is 0 Å². The molecule has 0 radical (unpaired) electrons. The molecule has 1 aromatic carbocycles. The van der Waals surface area contributed by atoms with Crippen LogP contribution in [0.5, 0.6) is 0 Å². The molecule has 1 fully saturated rings. The SMILES string of the molecule is CC(C)S(=O)(=O)CC1CCN(C(=O)CCc2ccc(C(F)(F)F)cc2)CC1. The van der Waals surface area contributed by atoms with Crippen LogP contribution >= 0.6 is 0 Å². The third kappa shape index (κ3) is 6.23. The highest BCUT2D eigenvalue weighted by atomic mass is 32.2. The standard InChI is InChI=1S/C19H26F3NO3S/c1-14(2)27(25,26)13-16-9-11-23(12-10-16)18(24)8-5-15-3-6-17(7-4-15)19(20,21)22/h3-4,6-7,14,16H,5,8-13H2,1-2H3. The lowest BCUT2D eigenvalue weighted by Gasteiger charge is -2.32. The summed E-state index contributed by atoms with van der Waals surface area (Å²) >= 11 is 0. The van der Waals surface area contributed by atoms with Gasteiger partial charge in [0.15, 0.2) is 9.84 Å². The Kier molecular flexibility index (Phi) is 6.94. The van der Waals surface area contributed by atoms with Crippen molar-refractivity contribution in [2.45, 2.75) is 51.0 Å². The molecular weight excluding hydrogens is 379 g/mol. The van der Waals surface area contributed by atoms with Gasteiger partial charge in [-0.2, -0.15) is 13.2 Å². The second-order valence-corrected chi connectivity index (χ2v) is 10.00. The molecule has 1 saturated heterocycles. The number of alkyl halides is 3. The number of hydrogen-bond donors (Lipinski definition) is 0. The Morgan fingerprint density at radius 3 is 2.19 bits per heavy atom. The molecule has 4 nitrogen and oxygen atoms in total. The number of piperidine rings is 1. The number of benzene rings is 1. The Hall–Kier alpha value is -1.57. The van der Waals surface area contributed by atoms with Crippen molar-refractivity contribution in [2.24, 2.45) is 5.92 Å². The van der Waals surface area contributed by atoms with Gasteiger partial charge in [0.2, 0.25) is 5.91 Å². The van der Waals surface area contributed by atoms with E-state index in [2.05, 4.69) is 0 Å². The summed E-state index contributed by atoms with van der Waals surface area (Å²) in [5.41, 5.74) is -0.00902. The molecule has 0 bridgehead atoms. The first-order valence-corrected chi connectivity index (χ1v) is 10.9. The normalized spacial score (nSPS) is 16.7. The molecule has 8 heteroatoms. The monoisotopic (exact) mass is 405 g/mol. The van der Waals surface area contributed by atoms with Crippen molar-refractivity contribution in [3.63, 3.8) is 0 Å². The minimum Gasteiger partial charge on any atom is -0.343 e. The van der Waals surface area contributed by atoms with E-state index < -0.39 is 21.6 Å². The molecule has 1 aliphatic rings. The minimum atomic E-state index is -4.36. The largest absolute Gasteiger partial charge is 0.416 e. The van der Waals surface area contributed by atoms with Crippen molar-refractivity contribution in [3.05, 3.63) is 35.4 Å². The number of halogens is 3. The third-order valence-corrected chi connectivity index (χ3v) is 7.43. The Morgan fingerprint density at radius 2 is 1.70 bits per heavy atom. The summed E-state index contributed by atoms with van der Waals surface area (Å²) < 4.78 is 61.7. The van der Waals surface area contributed by atoms with E-state index in [0.29, 0.717) is 37.9 Å². The van der Waals surface area contributed by atoms with Crippen LogP contribution < -0.4 is 0 Å². The highest BCUT2D eigenvalue weighted by Gasteiger charge is 2.30. The van der Waals surface area contributed by atoms with E-state index in [9.17, 15) is 26.4 Å². The molecule has 152 valence electrons. The van der Waals surface area contributed by atoms with Gasteiger partial charge in [0.05, 0.1) is 16.6 Å². The first-order valence-electron chi connectivity index (χ1n) is 9.14. The summed E-state index contributed by atoms with van der Waals surface area (Å²) in [5.74, 6) is 0.203. The second kappa shape index (κ2) is 8.63. The molecule has 1 heterocycles. The number of carbonyl (C=O) groups excluding carboxylic acids is 1. The topological polar surface area (TPSA) is 54.5 Å². The highest BCUT2D eigenvalue weighted by molar-refractivity contribution is 7.91. The average molecular weight is 405 g/mol. The first-order chi connectivity index (χ1) is 12.5. The molecule has 0 unspecified atom stereocenters. The van der Waals surface area contributed by atoms with Crippen molar-refractivity contribution in [1.82, 2.24) is 4.90 Å². The maximum Gasteiger partial charge on any atom is 0.416 e. The quantitative estimate of drug-likeness (QED) is 0.725. The lowest BCUT2D eigenvalue weighted by molar-refractivity contribution is -0.137. The molecule has 2 rings (SSSR count). The van der Waals surface area contributed by atoms with Crippen LogP contribution in [0.3, 0.4) is 0 Å². The molecule has 1 amide bonds. The van der Waals surface area contributed by atoms with Crippen LogP contribution in [0.1, 0.15) is 44.2 Å². The zero-order valence-corrected chi connectivity index (χ0v) is 16.4. The van der Waals surface area contributed by atoms with Gasteiger partial charge in [-0.3, -0.25) is 4.79 Å². The third-order valence-electron chi connectivity index (χ3n) is 5.06. The summed E-state index contributed by atoms with van der Waals surface area (Å²) in [6.07, 6.45) is -2.41. The van der Waals surface area contributed by atoms with Crippen LogP contribution in [-0.4, -0.2) is 43.3 Å². The van der Waals surface area contributed by atoms with Crippen molar-refractivity contribution in [1.29, 1.82) is 0 Å². The Morgan fingerprint density at radius 1 is 1.15 bits per heavy atom. The summed E-state index contributed by atoms with van der Waals surface area (Å²) in [7, 11) is -3.08. The number of carbonyl (C=O) groups is 1. The maximum atomic E-state index is 12.6. The molecule has 0 aromatic heterocycles. The Labute approximate surface area is 158 Å². The summed E-state index contributed by atoms with van der Waals surface area (Å²) in [6, 6.07) is 4.86. The van der Waals surface area contributed by atoms with Crippen molar-refractivity contribution >= 4 is 15.7 Å². The van der Waals surface area contributed by atoms with Crippen LogP contribution in [0.4, 0.5) is 13.2 Å². The van der Waals surface area contributed by atoms with Gasteiger partial charge >= 0.3 is 6.18 Å². The number of rotatable bonds is 6. The molecule has 0 N–H and O–H groups in total. The highest BCUT2D eigenvalue weighted by Crippen LogP contribution is 2.29. The summed E-state index contributed by atoms with van der Waals surface area (Å²) in [6.45, 7) is 4.42. The van der Waals surface area contributed by atoms with Crippen LogP contribution in [0.2, 0.25) is 0 Å². The molecule has 1 aromatic rings. The first kappa shape index (κ1) is 21.7. The summed E-state index contributed by atoms with van der Waals surface area (Å²) in [5, 5.41) is -0.388. The molecule has 27 heavy (non-hydrogen) atoms. The number of nitrogens with zero attached hydrogens (tertiary/aromatic N) is 1. The fourth-order valence-corrected chi connectivity index (χ4v) is 4.52. The van der Waals surface area contributed by atoms with Crippen LogP contribution in [0, 0.1) is 5.92 Å². The average Bonchev–Trinajstić information content (AvgIpc) is 2.59. The number of amides is 1. The number of sulfone groups is 1. The van der Waals surface area contributed by atoms with E-state index in [1.54, 1.807) is 18.7 Å². The zero-order chi connectivity index (χ0) is 20.2. The lowest BCUT2D eigenvalue weighted by atomic mass is 9.98. The van der Waals surface area contributed by atoms with Crippen molar-refractivity contribution in [2.75, 3.05) is 18.8 Å². The van der Waals surface area contributed by atoms with Crippen LogP contribution in [0.15, 0.2) is 24.3 Å². The van der Waals surface area contributed by atoms with E-state index in [4.69, 9.17) is 0 Å². The fourth-order valence-electron chi connectivity index (χ4n) is 3.14. The molecule has 0 aliphatic carbocycles. The Bertz CT molecular complexity index is 734. The fraction of sp³-hybridized carbons (Fsp3) is 0.632. The number of aryl methyl sites for hydroxylation is 1. The summed E-state index contributed by atoms with van der Waals surface area (Å²) in [4.78, 5) is 14.1. The van der Waals surface area contributed by atoms with E-state index in [1.165, 1.54) is 12.1 Å². The smallest absolute Gasteiger partial charge is 0.343 e. The van der Waals surface area contributed by atoms with Gasteiger partial charge in [0.1, 0.15) is 0 Å². The predicted octanol–water partition coefficient (Wildman–Crippen LogP) is 3.70. The van der Waals surface area contributed by atoms with Crippen molar-refractivity contribution < 1.29 is 26.4 Å². The van der Waals surface area contributed by atoms with Gasteiger partial charge in [-0.1, -0.05) is 12.1 Å². The van der Waals surface area contributed by atoms with Gasteiger partial charge in [0.25, 0.3) is 0 Å². The van der Waals surface area contributed by atoms with Gasteiger partial charge in [-0.15, -0.1) is 0 Å². The van der Waals surface area contributed by atoms with E-state index in [1.807, 2.05) is 0 Å². The van der Waals surface area contributed by atoms with Crippen LogP contribution in [-0.2, 0) is 27.2 Å². The Balaban J connectivity index is 1.79. The van der Waals surface area contributed by atoms with E-state index >= 15 is 0 Å². The number of likely N-dealkylation sites (tertiary alicyclic amines) is 1. The van der Waals surface area contributed by atoms with Gasteiger partial charge in [-0.05, 0) is 56.7 Å². The van der Waals surface area contributed by atoms with Gasteiger partial charge in [0, 0.05) is 19.5 Å². The molecule has 0 spiro atoms. The molecule has 0 atom stereocenters. The zero-order valence-electron chi connectivity index (χ0n) is 15.6.